The second-order valence-electron chi connectivity index (χ2n) is 4.43. The van der Waals surface area contributed by atoms with Gasteiger partial charge < -0.3 is 15.6 Å². The predicted molar refractivity (Wildman–Crippen MR) is 56.4 cm³/mol. The summed E-state index contributed by atoms with van der Waals surface area (Å²) >= 11 is 0. The zero-order valence-electron chi connectivity index (χ0n) is 9.60. The van der Waals surface area contributed by atoms with Gasteiger partial charge in [-0.1, -0.05) is 0 Å². The van der Waals surface area contributed by atoms with Gasteiger partial charge in [0.25, 0.3) is 0 Å². The van der Waals surface area contributed by atoms with Gasteiger partial charge in [-0.2, -0.15) is 13.2 Å². The van der Waals surface area contributed by atoms with Crippen LogP contribution in [0.2, 0.25) is 0 Å². The van der Waals surface area contributed by atoms with Crippen LogP contribution in [0, 0.1) is 0 Å². The first-order chi connectivity index (χ1) is 7.88. The van der Waals surface area contributed by atoms with E-state index in [1.807, 2.05) is 13.8 Å². The van der Waals surface area contributed by atoms with Crippen LogP contribution in [-0.4, -0.2) is 28.6 Å². The Bertz CT molecular complexity index is 387. The van der Waals surface area contributed by atoms with Gasteiger partial charge in [-0.15, -0.1) is 0 Å². The molecule has 7 heteroatoms. The lowest BCUT2D eigenvalue weighted by molar-refractivity contribution is -0.144. The second-order valence-corrected chi connectivity index (χ2v) is 4.43. The number of hydrogen-bond acceptors (Lipinski definition) is 3. The fourth-order valence-electron chi connectivity index (χ4n) is 1.99. The fraction of sp³-hybridized carbons (Fsp3) is 0.700. The molecule has 1 aliphatic rings. The average molecular weight is 248 g/mol. The molecule has 0 aliphatic carbocycles. The standard InChI is InChI=1S/C10H15F3N4/c1-5-3-14-6(2)8(16-5)7-4-15-9(17-7)10(11,12)13/h4-6,8,14,16H,3H2,1-2H3,(H,15,17). The molecule has 3 N–H and O–H groups in total. The average Bonchev–Trinajstić information content (AvgIpc) is 2.70. The van der Waals surface area contributed by atoms with Crippen molar-refractivity contribution in [2.24, 2.45) is 0 Å². The molecule has 17 heavy (non-hydrogen) atoms. The van der Waals surface area contributed by atoms with Crippen LogP contribution in [0.25, 0.3) is 0 Å². The van der Waals surface area contributed by atoms with Gasteiger partial charge in [0.15, 0.2) is 0 Å². The number of imidazole rings is 1. The van der Waals surface area contributed by atoms with Gasteiger partial charge in [-0.3, -0.25) is 0 Å². The van der Waals surface area contributed by atoms with Crippen molar-refractivity contribution in [1.29, 1.82) is 0 Å². The highest BCUT2D eigenvalue weighted by molar-refractivity contribution is 5.12. The van der Waals surface area contributed by atoms with Crippen molar-refractivity contribution < 1.29 is 13.2 Å². The van der Waals surface area contributed by atoms with Crippen molar-refractivity contribution in [3.05, 3.63) is 17.7 Å². The Morgan fingerprint density at radius 2 is 2.06 bits per heavy atom. The number of hydrogen-bond donors (Lipinski definition) is 3. The molecule has 0 saturated carbocycles. The maximum absolute atomic E-state index is 12.4. The Kier molecular flexibility index (Phi) is 3.13. The lowest BCUT2D eigenvalue weighted by Gasteiger charge is -2.34. The number of nitrogens with one attached hydrogen (secondary N) is 3. The Morgan fingerprint density at radius 1 is 1.35 bits per heavy atom. The molecule has 0 aromatic carbocycles. The highest BCUT2D eigenvalue weighted by Gasteiger charge is 2.36. The molecule has 4 nitrogen and oxygen atoms in total. The summed E-state index contributed by atoms with van der Waals surface area (Å²) in [7, 11) is 0. The molecular weight excluding hydrogens is 233 g/mol. The van der Waals surface area contributed by atoms with E-state index in [2.05, 4.69) is 20.6 Å². The Labute approximate surface area is 97.0 Å². The highest BCUT2D eigenvalue weighted by atomic mass is 19.4. The number of aromatic amines is 1. The summed E-state index contributed by atoms with van der Waals surface area (Å²) in [5.41, 5.74) is 0.462. The van der Waals surface area contributed by atoms with Crippen LogP contribution in [0.3, 0.4) is 0 Å². The van der Waals surface area contributed by atoms with Crippen LogP contribution in [-0.2, 0) is 6.18 Å². The molecule has 0 radical (unpaired) electrons. The fourth-order valence-corrected chi connectivity index (χ4v) is 1.99. The van der Waals surface area contributed by atoms with E-state index in [0.29, 0.717) is 5.69 Å². The Balaban J connectivity index is 2.19. The van der Waals surface area contributed by atoms with Crippen LogP contribution >= 0.6 is 0 Å². The monoisotopic (exact) mass is 248 g/mol. The normalized spacial score (nSPS) is 30.5. The van der Waals surface area contributed by atoms with E-state index in [9.17, 15) is 13.2 Å². The molecule has 2 heterocycles. The van der Waals surface area contributed by atoms with Crippen LogP contribution in [0.1, 0.15) is 31.4 Å². The van der Waals surface area contributed by atoms with Crippen molar-refractivity contribution in [1.82, 2.24) is 20.6 Å². The van der Waals surface area contributed by atoms with Gasteiger partial charge in [0.2, 0.25) is 5.82 Å². The first kappa shape index (κ1) is 12.4. The third-order valence-electron chi connectivity index (χ3n) is 2.91. The van der Waals surface area contributed by atoms with Crippen molar-refractivity contribution in [3.8, 4) is 0 Å². The molecule has 1 aromatic rings. The maximum Gasteiger partial charge on any atom is 0.449 e. The number of halogens is 3. The molecular formula is C10H15F3N4. The zero-order valence-corrected chi connectivity index (χ0v) is 9.60. The molecule has 96 valence electrons. The molecule has 1 aliphatic heterocycles. The van der Waals surface area contributed by atoms with Gasteiger partial charge in [-0.25, -0.2) is 4.98 Å². The smallest absolute Gasteiger partial charge is 0.337 e. The number of nitrogens with zero attached hydrogens (tertiary/aromatic N) is 1. The molecule has 1 aromatic heterocycles. The molecule has 2 rings (SSSR count). The number of aromatic nitrogens is 2. The minimum atomic E-state index is -4.42. The second kappa shape index (κ2) is 4.30. The van der Waals surface area contributed by atoms with E-state index in [4.69, 9.17) is 0 Å². The number of rotatable bonds is 1. The number of H-pyrrole nitrogens is 1. The van der Waals surface area contributed by atoms with E-state index < -0.39 is 12.0 Å². The molecule has 3 unspecified atom stereocenters. The summed E-state index contributed by atoms with van der Waals surface area (Å²) in [4.78, 5) is 5.71. The van der Waals surface area contributed by atoms with Gasteiger partial charge in [-0.05, 0) is 13.8 Å². The Morgan fingerprint density at radius 3 is 2.65 bits per heavy atom. The van der Waals surface area contributed by atoms with E-state index in [0.717, 1.165) is 6.54 Å². The van der Waals surface area contributed by atoms with E-state index >= 15 is 0 Å². The van der Waals surface area contributed by atoms with Gasteiger partial charge in [0.1, 0.15) is 0 Å². The van der Waals surface area contributed by atoms with Crippen molar-refractivity contribution in [3.63, 3.8) is 0 Å². The summed E-state index contributed by atoms with van der Waals surface area (Å²) < 4.78 is 37.2. The summed E-state index contributed by atoms with van der Waals surface area (Å²) in [6, 6.07) is 0.101. The zero-order chi connectivity index (χ0) is 12.6. The van der Waals surface area contributed by atoms with E-state index in [1.165, 1.54) is 6.20 Å². The van der Waals surface area contributed by atoms with E-state index in [1.54, 1.807) is 0 Å². The lowest BCUT2D eigenvalue weighted by Crippen LogP contribution is -2.53. The lowest BCUT2D eigenvalue weighted by atomic mass is 10.0. The Hall–Kier alpha value is -1.08. The van der Waals surface area contributed by atoms with Crippen LogP contribution in [0.4, 0.5) is 13.2 Å². The van der Waals surface area contributed by atoms with Gasteiger partial charge in [0.05, 0.1) is 17.9 Å². The van der Waals surface area contributed by atoms with Gasteiger partial charge >= 0.3 is 6.18 Å². The van der Waals surface area contributed by atoms with Crippen molar-refractivity contribution >= 4 is 0 Å². The van der Waals surface area contributed by atoms with Crippen molar-refractivity contribution in [2.75, 3.05) is 6.54 Å². The molecule has 0 spiro atoms. The number of piperazine rings is 1. The minimum absolute atomic E-state index is 0.0627. The van der Waals surface area contributed by atoms with Crippen LogP contribution in [0.15, 0.2) is 6.20 Å². The highest BCUT2D eigenvalue weighted by Crippen LogP contribution is 2.28. The van der Waals surface area contributed by atoms with Crippen LogP contribution < -0.4 is 10.6 Å². The number of alkyl halides is 3. The SMILES string of the molecule is CC1CNC(C)C(c2cnc(C(F)(F)F)[nH]2)N1. The largest absolute Gasteiger partial charge is 0.449 e. The minimum Gasteiger partial charge on any atom is -0.337 e. The van der Waals surface area contributed by atoms with E-state index in [-0.39, 0.29) is 18.1 Å². The van der Waals surface area contributed by atoms with Crippen molar-refractivity contribution in [2.45, 2.75) is 38.1 Å². The molecule has 0 bridgehead atoms. The molecule has 0 amide bonds. The summed E-state index contributed by atoms with van der Waals surface area (Å²) in [5.74, 6) is -0.945. The first-order valence-corrected chi connectivity index (χ1v) is 5.49. The third-order valence-corrected chi connectivity index (χ3v) is 2.91. The molecule has 1 fully saturated rings. The topological polar surface area (TPSA) is 52.7 Å². The quantitative estimate of drug-likeness (QED) is 0.705. The summed E-state index contributed by atoms with van der Waals surface area (Å²) in [6.45, 7) is 4.71. The predicted octanol–water partition coefficient (Wildman–Crippen LogP) is 1.44. The molecule has 1 saturated heterocycles. The first-order valence-electron chi connectivity index (χ1n) is 5.49. The molecule has 3 atom stereocenters. The van der Waals surface area contributed by atoms with Crippen LogP contribution in [0.5, 0.6) is 0 Å². The summed E-state index contributed by atoms with van der Waals surface area (Å²) in [5, 5.41) is 6.48. The van der Waals surface area contributed by atoms with Gasteiger partial charge in [0, 0.05) is 18.6 Å². The maximum atomic E-state index is 12.4. The summed E-state index contributed by atoms with van der Waals surface area (Å²) in [6.07, 6.45) is -3.17. The third kappa shape index (κ3) is 2.61.